The van der Waals surface area contributed by atoms with Crippen LogP contribution in [0.2, 0.25) is 0 Å². The quantitative estimate of drug-likeness (QED) is 0.390. The summed E-state index contributed by atoms with van der Waals surface area (Å²) in [6, 6.07) is 14.5. The highest BCUT2D eigenvalue weighted by atomic mass is 19.1. The summed E-state index contributed by atoms with van der Waals surface area (Å²) in [7, 11) is 1.55. The number of aryl methyl sites for hydroxylation is 2. The zero-order chi connectivity index (χ0) is 25.3. The van der Waals surface area contributed by atoms with Gasteiger partial charge in [0.2, 0.25) is 0 Å². The molecule has 0 spiro atoms. The molecule has 0 aliphatic carbocycles. The van der Waals surface area contributed by atoms with E-state index in [4.69, 9.17) is 4.98 Å². The van der Waals surface area contributed by atoms with E-state index >= 15 is 0 Å². The van der Waals surface area contributed by atoms with Crippen molar-refractivity contribution in [2.45, 2.75) is 33.2 Å². The predicted octanol–water partition coefficient (Wildman–Crippen LogP) is 5.90. The molecule has 0 bridgehead atoms. The molecule has 4 aromatic rings. The molecule has 4 rings (SSSR count). The first-order valence-corrected chi connectivity index (χ1v) is 11.3. The van der Waals surface area contributed by atoms with Gasteiger partial charge in [0.25, 0.3) is 5.56 Å². The Balaban J connectivity index is 1.84. The number of anilines is 1. The highest BCUT2D eigenvalue weighted by molar-refractivity contribution is 5.89. The van der Waals surface area contributed by atoms with Crippen LogP contribution in [0.15, 0.2) is 65.5 Å². The molecular formula is C27H26F2N4O2. The topological polar surface area (TPSA) is 67.2 Å². The number of carbonyl (C=O) groups excluding carboxylic acids is 1. The van der Waals surface area contributed by atoms with Gasteiger partial charge < -0.3 is 10.2 Å². The second kappa shape index (κ2) is 9.66. The van der Waals surface area contributed by atoms with Crippen molar-refractivity contribution in [2.75, 3.05) is 12.4 Å². The Kier molecular flexibility index (Phi) is 6.64. The summed E-state index contributed by atoms with van der Waals surface area (Å²) in [4.78, 5) is 32.9. The van der Waals surface area contributed by atoms with Gasteiger partial charge in [-0.05, 0) is 56.2 Å². The van der Waals surface area contributed by atoms with Gasteiger partial charge in [0.05, 0.1) is 28.3 Å². The number of aromatic nitrogens is 2. The van der Waals surface area contributed by atoms with Gasteiger partial charge >= 0.3 is 6.03 Å². The van der Waals surface area contributed by atoms with E-state index in [9.17, 15) is 18.4 Å². The van der Waals surface area contributed by atoms with Crippen LogP contribution >= 0.6 is 0 Å². The van der Waals surface area contributed by atoms with Crippen molar-refractivity contribution < 1.29 is 13.6 Å². The van der Waals surface area contributed by atoms with Crippen molar-refractivity contribution in [3.05, 3.63) is 99.6 Å². The molecule has 35 heavy (non-hydrogen) atoms. The number of carbonyl (C=O) groups is 1. The first kappa shape index (κ1) is 24.1. The molecular weight excluding hydrogens is 450 g/mol. The summed E-state index contributed by atoms with van der Waals surface area (Å²) < 4.78 is 29.0. The highest BCUT2D eigenvalue weighted by Crippen LogP contribution is 2.27. The van der Waals surface area contributed by atoms with Crippen molar-refractivity contribution in [1.82, 2.24) is 14.5 Å². The predicted molar refractivity (Wildman–Crippen MR) is 133 cm³/mol. The van der Waals surface area contributed by atoms with Crippen molar-refractivity contribution in [3.8, 4) is 5.69 Å². The van der Waals surface area contributed by atoms with Gasteiger partial charge in [0, 0.05) is 13.1 Å². The number of hydrogen-bond donors (Lipinski definition) is 1. The van der Waals surface area contributed by atoms with Crippen molar-refractivity contribution in [2.24, 2.45) is 0 Å². The van der Waals surface area contributed by atoms with Gasteiger partial charge in [-0.3, -0.25) is 9.36 Å². The second-order valence-corrected chi connectivity index (χ2v) is 8.51. The molecule has 1 N–H and O–H groups in total. The monoisotopic (exact) mass is 476 g/mol. The third-order valence-electron chi connectivity index (χ3n) is 6.04. The second-order valence-electron chi connectivity index (χ2n) is 8.51. The molecule has 6 nitrogen and oxygen atoms in total. The van der Waals surface area contributed by atoms with Crippen LogP contribution in [0.1, 0.15) is 36.3 Å². The normalized spacial score (nSPS) is 11.9. The maximum atomic E-state index is 14.1. The van der Waals surface area contributed by atoms with E-state index in [0.717, 1.165) is 23.3 Å². The number of para-hydroxylation sites is 1. The number of nitrogens with one attached hydrogen (secondary N) is 1. The fourth-order valence-electron chi connectivity index (χ4n) is 4.23. The number of benzene rings is 3. The van der Waals surface area contributed by atoms with Crippen LogP contribution < -0.4 is 10.9 Å². The van der Waals surface area contributed by atoms with Crippen LogP contribution in [0.4, 0.5) is 19.3 Å². The standard InChI is InChI=1S/C27H26F2N4O2/c1-5-23(32(4)27(35)31-22-12-11-18(28)15-20(22)29)25-30-21-9-7-6-8-19(21)26(34)33(25)24-13-10-16(2)14-17(24)3/h6-15,23H,5H2,1-4H3,(H,31,35). The summed E-state index contributed by atoms with van der Waals surface area (Å²) >= 11 is 0. The Morgan fingerprint density at radius 2 is 1.83 bits per heavy atom. The molecule has 0 saturated heterocycles. The van der Waals surface area contributed by atoms with Gasteiger partial charge in [-0.25, -0.2) is 18.6 Å². The third-order valence-corrected chi connectivity index (χ3v) is 6.04. The van der Waals surface area contributed by atoms with E-state index in [-0.39, 0.29) is 11.2 Å². The van der Waals surface area contributed by atoms with Crippen LogP contribution in [-0.4, -0.2) is 27.5 Å². The Labute approximate surface area is 201 Å². The zero-order valence-electron chi connectivity index (χ0n) is 20.0. The number of hydrogen-bond acceptors (Lipinski definition) is 3. The summed E-state index contributed by atoms with van der Waals surface area (Å²) in [5.41, 5.74) is 2.75. The smallest absolute Gasteiger partial charge is 0.317 e. The molecule has 1 atom stereocenters. The number of rotatable bonds is 5. The van der Waals surface area contributed by atoms with E-state index in [1.807, 2.05) is 39.0 Å². The molecule has 0 aliphatic heterocycles. The lowest BCUT2D eigenvalue weighted by molar-refractivity contribution is 0.198. The summed E-state index contributed by atoms with van der Waals surface area (Å²) in [6.45, 7) is 5.77. The van der Waals surface area contributed by atoms with Crippen LogP contribution in [0, 0.1) is 25.5 Å². The largest absolute Gasteiger partial charge is 0.322 e. The first-order chi connectivity index (χ1) is 16.7. The van der Waals surface area contributed by atoms with Gasteiger partial charge in [-0.2, -0.15) is 0 Å². The summed E-state index contributed by atoms with van der Waals surface area (Å²) in [6.07, 6.45) is 0.436. The minimum Gasteiger partial charge on any atom is -0.317 e. The van der Waals surface area contributed by atoms with Gasteiger partial charge in [-0.1, -0.05) is 36.8 Å². The molecule has 3 aromatic carbocycles. The lowest BCUT2D eigenvalue weighted by Gasteiger charge is -2.29. The van der Waals surface area contributed by atoms with Crippen LogP contribution in [0.25, 0.3) is 16.6 Å². The molecule has 1 unspecified atom stereocenters. The van der Waals surface area contributed by atoms with Gasteiger partial charge in [-0.15, -0.1) is 0 Å². The van der Waals surface area contributed by atoms with E-state index in [1.165, 1.54) is 4.90 Å². The molecule has 180 valence electrons. The zero-order valence-corrected chi connectivity index (χ0v) is 20.0. The number of fused-ring (bicyclic) bond motifs is 1. The molecule has 0 saturated carbocycles. The summed E-state index contributed by atoms with van der Waals surface area (Å²) in [5.74, 6) is -1.23. The fraction of sp³-hybridized carbons (Fsp3) is 0.222. The van der Waals surface area contributed by atoms with Gasteiger partial charge in [0.15, 0.2) is 0 Å². The summed E-state index contributed by atoms with van der Waals surface area (Å²) in [5, 5.41) is 2.95. The van der Waals surface area contributed by atoms with Crippen molar-refractivity contribution >= 4 is 22.6 Å². The Morgan fingerprint density at radius 1 is 1.09 bits per heavy atom. The highest BCUT2D eigenvalue weighted by Gasteiger charge is 2.27. The minimum atomic E-state index is -0.879. The molecule has 8 heteroatoms. The molecule has 1 heterocycles. The van der Waals surface area contributed by atoms with Crippen LogP contribution in [-0.2, 0) is 0 Å². The van der Waals surface area contributed by atoms with E-state index in [2.05, 4.69) is 5.32 Å². The van der Waals surface area contributed by atoms with E-state index in [1.54, 1.807) is 35.9 Å². The fourth-order valence-corrected chi connectivity index (χ4v) is 4.23. The minimum absolute atomic E-state index is 0.142. The number of halogens is 2. The lowest BCUT2D eigenvalue weighted by Crippen LogP contribution is -2.38. The molecule has 0 aliphatic rings. The van der Waals surface area contributed by atoms with E-state index in [0.29, 0.717) is 34.9 Å². The van der Waals surface area contributed by atoms with Crippen LogP contribution in [0.5, 0.6) is 0 Å². The van der Waals surface area contributed by atoms with Gasteiger partial charge in [0.1, 0.15) is 17.5 Å². The van der Waals surface area contributed by atoms with Crippen LogP contribution in [0.3, 0.4) is 0 Å². The molecule has 2 amide bonds. The maximum Gasteiger partial charge on any atom is 0.322 e. The Morgan fingerprint density at radius 3 is 2.51 bits per heavy atom. The number of amides is 2. The Hall–Kier alpha value is -4.07. The number of urea groups is 1. The average Bonchev–Trinajstić information content (AvgIpc) is 2.82. The third kappa shape index (κ3) is 4.64. The molecule has 0 fully saturated rings. The molecule has 0 radical (unpaired) electrons. The maximum absolute atomic E-state index is 14.1. The SMILES string of the molecule is CCC(c1nc2ccccc2c(=O)n1-c1ccc(C)cc1C)N(C)C(=O)Nc1ccc(F)cc1F. The van der Waals surface area contributed by atoms with E-state index < -0.39 is 23.7 Å². The van der Waals surface area contributed by atoms with Crippen molar-refractivity contribution in [3.63, 3.8) is 0 Å². The average molecular weight is 477 g/mol. The number of nitrogens with zero attached hydrogens (tertiary/aromatic N) is 3. The Bertz CT molecular complexity index is 1480. The first-order valence-electron chi connectivity index (χ1n) is 11.3. The van der Waals surface area contributed by atoms with Crippen molar-refractivity contribution in [1.29, 1.82) is 0 Å². The molecule has 1 aromatic heterocycles. The lowest BCUT2D eigenvalue weighted by atomic mass is 10.1.